The van der Waals surface area contributed by atoms with Crippen molar-refractivity contribution in [2.75, 3.05) is 30.9 Å². The number of thiazole rings is 1. The second-order valence-electron chi connectivity index (χ2n) is 9.21. The van der Waals surface area contributed by atoms with Gasteiger partial charge in [-0.2, -0.15) is 0 Å². The number of anilines is 2. The molecule has 2 aromatic rings. The van der Waals surface area contributed by atoms with Crippen molar-refractivity contribution >= 4 is 38.7 Å². The second-order valence-corrected chi connectivity index (χ2v) is 12.2. The molecule has 0 spiro atoms. The number of nitrogens with one attached hydrogen (secondary N) is 1. The van der Waals surface area contributed by atoms with Crippen molar-refractivity contribution in [1.29, 1.82) is 0 Å². The first-order chi connectivity index (χ1) is 15.5. The summed E-state index contributed by atoms with van der Waals surface area (Å²) in [4.78, 5) is 18.7. The molecule has 0 aliphatic heterocycles. The summed E-state index contributed by atoms with van der Waals surface area (Å²) in [6.45, 7) is 9.74. The van der Waals surface area contributed by atoms with Gasteiger partial charge in [-0.25, -0.2) is 23.5 Å². The van der Waals surface area contributed by atoms with Gasteiger partial charge in [0.1, 0.15) is 14.8 Å². The molecule has 0 saturated heterocycles. The number of aliphatic hydroxyl groups excluding tert-OH is 1. The molecule has 9 nitrogen and oxygen atoms in total. The summed E-state index contributed by atoms with van der Waals surface area (Å²) >= 11 is 0.809. The first-order valence-corrected chi connectivity index (χ1v) is 13.1. The molecule has 0 bridgehead atoms. The standard InChI is InChI=1S/C22H34FN5O4S2/c1-11(2)14-9-15(28(7)8)17(23)16(12(3)4)18(14)26-21(30)27-34(24,32)19-13(5)25-20(33-19)22(6,31)10-29/h9,11-12,29,31H,10H2,1-8H3,(H3,24,26,27,30,32). The lowest BCUT2D eigenvalue weighted by molar-refractivity contribution is -0.00251. The maximum absolute atomic E-state index is 15.4. The minimum atomic E-state index is -3.73. The largest absolute Gasteiger partial charge is 0.393 e. The van der Waals surface area contributed by atoms with Crippen molar-refractivity contribution in [3.05, 3.63) is 33.7 Å². The van der Waals surface area contributed by atoms with Crippen LogP contribution in [0.3, 0.4) is 0 Å². The van der Waals surface area contributed by atoms with E-state index in [0.29, 0.717) is 16.8 Å². The summed E-state index contributed by atoms with van der Waals surface area (Å²) in [6, 6.07) is 0.689. The summed E-state index contributed by atoms with van der Waals surface area (Å²) in [5.41, 5.74) is 0.268. The molecule has 2 unspecified atom stereocenters. The second kappa shape index (κ2) is 10.2. The lowest BCUT2D eigenvalue weighted by atomic mass is 9.91. The molecule has 190 valence electrons. The Labute approximate surface area is 204 Å². The van der Waals surface area contributed by atoms with Crippen LogP contribution in [0.15, 0.2) is 14.6 Å². The highest BCUT2D eigenvalue weighted by Gasteiger charge is 2.30. The van der Waals surface area contributed by atoms with Crippen LogP contribution in [-0.2, 0) is 15.5 Å². The summed E-state index contributed by atoms with van der Waals surface area (Å²) in [5, 5.41) is 28.3. The van der Waals surface area contributed by atoms with Crippen LogP contribution in [0.5, 0.6) is 0 Å². The topological polar surface area (TPSA) is 141 Å². The first kappa shape index (κ1) is 28.1. The molecule has 0 aliphatic rings. The number of carbonyl (C=O) groups excluding carboxylic acids is 1. The van der Waals surface area contributed by atoms with Gasteiger partial charge in [-0.3, -0.25) is 0 Å². The molecule has 2 rings (SSSR count). The third-order valence-electron chi connectivity index (χ3n) is 5.23. The van der Waals surface area contributed by atoms with Gasteiger partial charge < -0.3 is 20.4 Å². The van der Waals surface area contributed by atoms with Gasteiger partial charge in [-0.1, -0.05) is 27.7 Å². The number of halogens is 1. The zero-order valence-corrected chi connectivity index (χ0v) is 22.4. The molecule has 2 amide bonds. The van der Waals surface area contributed by atoms with Gasteiger partial charge in [-0.15, -0.1) is 15.7 Å². The Morgan fingerprint density at radius 2 is 1.94 bits per heavy atom. The number of nitrogens with zero attached hydrogens (tertiary/aromatic N) is 3. The highest BCUT2D eigenvalue weighted by molar-refractivity contribution is 7.93. The summed E-state index contributed by atoms with van der Waals surface area (Å²) < 4.78 is 32.3. The molecule has 34 heavy (non-hydrogen) atoms. The molecular formula is C22H34FN5O4S2. The minimum absolute atomic E-state index is 0.00803. The predicted molar refractivity (Wildman–Crippen MR) is 134 cm³/mol. The molecule has 0 saturated carbocycles. The van der Waals surface area contributed by atoms with Gasteiger partial charge in [0.15, 0.2) is 15.7 Å². The maximum atomic E-state index is 15.4. The monoisotopic (exact) mass is 515 g/mol. The van der Waals surface area contributed by atoms with Crippen LogP contribution >= 0.6 is 11.3 Å². The SMILES string of the molecule is Cc1nc(C(C)(O)CO)sc1S(N)(=O)=NC(=O)Nc1c(C(C)C)cc(N(C)C)c(F)c1C(C)C. The van der Waals surface area contributed by atoms with Gasteiger partial charge in [0.2, 0.25) is 0 Å². The van der Waals surface area contributed by atoms with E-state index in [0.717, 1.165) is 11.3 Å². The van der Waals surface area contributed by atoms with Crippen LogP contribution in [0.25, 0.3) is 0 Å². The highest BCUT2D eigenvalue weighted by atomic mass is 32.2. The van der Waals surface area contributed by atoms with Crippen LogP contribution in [0.1, 0.15) is 68.3 Å². The lowest BCUT2D eigenvalue weighted by Gasteiger charge is -2.25. The number of hydrogen-bond donors (Lipinski definition) is 4. The normalized spacial score (nSPS) is 15.2. The zero-order valence-electron chi connectivity index (χ0n) is 20.8. The van der Waals surface area contributed by atoms with E-state index in [2.05, 4.69) is 14.7 Å². The lowest BCUT2D eigenvalue weighted by Crippen LogP contribution is -2.25. The van der Waals surface area contributed by atoms with Gasteiger partial charge in [-0.05, 0) is 37.3 Å². The Balaban J connectivity index is 2.60. The third kappa shape index (κ3) is 5.74. The van der Waals surface area contributed by atoms with E-state index < -0.39 is 34.0 Å². The number of aliphatic hydroxyl groups is 2. The fourth-order valence-electron chi connectivity index (χ4n) is 3.39. The van der Waals surface area contributed by atoms with Crippen LogP contribution in [0.2, 0.25) is 0 Å². The molecule has 1 aromatic carbocycles. The van der Waals surface area contributed by atoms with Crippen molar-refractivity contribution < 1.29 is 23.6 Å². The van der Waals surface area contributed by atoms with E-state index in [1.165, 1.54) is 13.8 Å². The van der Waals surface area contributed by atoms with Crippen molar-refractivity contribution in [2.45, 2.75) is 63.2 Å². The van der Waals surface area contributed by atoms with Crippen molar-refractivity contribution in [3.8, 4) is 0 Å². The molecule has 5 N–H and O–H groups in total. The number of rotatable bonds is 7. The fraction of sp³-hybridized carbons (Fsp3) is 0.545. The molecule has 0 fully saturated rings. The summed E-state index contributed by atoms with van der Waals surface area (Å²) in [6.07, 6.45) is 0. The van der Waals surface area contributed by atoms with Gasteiger partial charge in [0, 0.05) is 19.7 Å². The Hall–Kier alpha value is -2.12. The Morgan fingerprint density at radius 1 is 1.35 bits per heavy atom. The molecule has 12 heteroatoms. The van der Waals surface area contributed by atoms with Gasteiger partial charge >= 0.3 is 6.03 Å². The van der Waals surface area contributed by atoms with Gasteiger partial charge in [0.25, 0.3) is 0 Å². The molecule has 1 heterocycles. The van der Waals surface area contributed by atoms with Crippen LogP contribution in [0.4, 0.5) is 20.6 Å². The number of urea groups is 1. The molecular weight excluding hydrogens is 481 g/mol. The van der Waals surface area contributed by atoms with E-state index in [9.17, 15) is 19.2 Å². The highest BCUT2D eigenvalue weighted by Crippen LogP contribution is 2.39. The smallest absolute Gasteiger partial charge is 0.354 e. The molecule has 0 radical (unpaired) electrons. The average molecular weight is 516 g/mol. The van der Waals surface area contributed by atoms with E-state index in [1.54, 1.807) is 25.1 Å². The Morgan fingerprint density at radius 3 is 2.41 bits per heavy atom. The number of benzene rings is 1. The zero-order chi connectivity index (χ0) is 26.2. The first-order valence-electron chi connectivity index (χ1n) is 10.7. The Bertz CT molecular complexity index is 1200. The Kier molecular flexibility index (Phi) is 8.47. The third-order valence-corrected chi connectivity index (χ3v) is 8.67. The number of nitrogens with two attached hydrogens (primary N) is 1. The number of hydrogen-bond acceptors (Lipinski definition) is 7. The fourth-order valence-corrected chi connectivity index (χ4v) is 5.90. The van der Waals surface area contributed by atoms with Crippen LogP contribution < -0.4 is 15.4 Å². The predicted octanol–water partition coefficient (Wildman–Crippen LogP) is 4.04. The number of carbonyl (C=O) groups is 1. The van der Waals surface area contributed by atoms with Crippen LogP contribution in [0, 0.1) is 12.7 Å². The van der Waals surface area contributed by atoms with E-state index in [-0.39, 0.29) is 32.4 Å². The quantitative estimate of drug-likeness (QED) is 0.439. The van der Waals surface area contributed by atoms with Crippen LogP contribution in [-0.4, -0.2) is 46.1 Å². The molecule has 1 aromatic heterocycles. The van der Waals surface area contributed by atoms with Crippen molar-refractivity contribution in [2.24, 2.45) is 9.50 Å². The van der Waals surface area contributed by atoms with E-state index in [1.807, 2.05) is 27.7 Å². The average Bonchev–Trinajstić information content (AvgIpc) is 3.10. The van der Waals surface area contributed by atoms with Crippen molar-refractivity contribution in [3.63, 3.8) is 0 Å². The molecule has 0 aliphatic carbocycles. The summed E-state index contributed by atoms with van der Waals surface area (Å²) in [5.74, 6) is -0.773. The van der Waals surface area contributed by atoms with E-state index >= 15 is 4.39 Å². The number of aromatic nitrogens is 1. The van der Waals surface area contributed by atoms with E-state index in [4.69, 9.17) is 5.14 Å². The number of aryl methyl sites for hydroxylation is 1. The van der Waals surface area contributed by atoms with Gasteiger partial charge in [0.05, 0.1) is 23.7 Å². The summed E-state index contributed by atoms with van der Waals surface area (Å²) in [7, 11) is -0.252. The molecule has 2 atom stereocenters. The minimum Gasteiger partial charge on any atom is -0.393 e. The maximum Gasteiger partial charge on any atom is 0.354 e. The van der Waals surface area contributed by atoms with Crippen molar-refractivity contribution in [1.82, 2.24) is 4.98 Å². The number of amides is 2.